The molecule has 0 atom stereocenters. The number of hydrogen-bond acceptors (Lipinski definition) is 5. The van der Waals surface area contributed by atoms with Crippen LogP contribution in [-0.2, 0) is 0 Å². The molecule has 2 aromatic heterocycles. The average molecular weight is 467 g/mol. The minimum atomic E-state index is -0.658. The highest BCUT2D eigenvalue weighted by atomic mass is 19.1. The van der Waals surface area contributed by atoms with Crippen LogP contribution in [0.15, 0.2) is 97.5 Å². The van der Waals surface area contributed by atoms with Crippen molar-refractivity contribution in [3.63, 3.8) is 0 Å². The van der Waals surface area contributed by atoms with Crippen LogP contribution in [0.1, 0.15) is 10.4 Å². The first-order valence-electron chi connectivity index (χ1n) is 10.7. The molecule has 0 saturated heterocycles. The van der Waals surface area contributed by atoms with Gasteiger partial charge in [0.05, 0.1) is 11.1 Å². The van der Waals surface area contributed by atoms with Gasteiger partial charge in [-0.05, 0) is 78.9 Å². The quantitative estimate of drug-likeness (QED) is 0.261. The normalized spacial score (nSPS) is 10.7. The van der Waals surface area contributed by atoms with Crippen molar-refractivity contribution in [2.24, 2.45) is 0 Å². The van der Waals surface area contributed by atoms with Crippen molar-refractivity contribution in [3.8, 4) is 0 Å². The molecule has 1 amide bonds. The summed E-state index contributed by atoms with van der Waals surface area (Å²) in [5, 5.41) is 9.63. The van der Waals surface area contributed by atoms with Crippen molar-refractivity contribution in [2.45, 2.75) is 0 Å². The summed E-state index contributed by atoms with van der Waals surface area (Å²) in [5.74, 6) is -1.64. The van der Waals surface area contributed by atoms with Crippen LogP contribution >= 0.6 is 0 Å². The first-order valence-corrected chi connectivity index (χ1v) is 10.7. The zero-order valence-electron chi connectivity index (χ0n) is 18.3. The third-order valence-corrected chi connectivity index (χ3v) is 5.31. The fourth-order valence-electron chi connectivity index (χ4n) is 3.60. The van der Waals surface area contributed by atoms with E-state index >= 15 is 0 Å². The number of aromatic nitrogens is 2. The van der Waals surface area contributed by atoms with Gasteiger partial charge in [0.15, 0.2) is 0 Å². The molecular weight excluding hydrogens is 448 g/mol. The molecule has 5 rings (SSSR count). The van der Waals surface area contributed by atoms with Gasteiger partial charge in [-0.25, -0.2) is 8.78 Å². The topological polar surface area (TPSA) is 78.9 Å². The number of nitrogens with zero attached hydrogens (tertiary/aromatic N) is 2. The van der Waals surface area contributed by atoms with E-state index in [2.05, 4.69) is 25.9 Å². The lowest BCUT2D eigenvalue weighted by atomic mass is 10.1. The van der Waals surface area contributed by atoms with Crippen LogP contribution in [0, 0.1) is 11.6 Å². The Morgan fingerprint density at radius 3 is 2.20 bits per heavy atom. The Hall–Kier alpha value is -4.85. The maximum atomic E-state index is 14.5. The van der Waals surface area contributed by atoms with Gasteiger partial charge in [-0.1, -0.05) is 0 Å². The van der Waals surface area contributed by atoms with Gasteiger partial charge in [0.25, 0.3) is 5.91 Å². The first-order chi connectivity index (χ1) is 17.0. The minimum absolute atomic E-state index is 0.126. The molecule has 0 aliphatic rings. The molecule has 8 heteroatoms. The number of carbonyl (C=O) groups excluding carboxylic acids is 1. The summed E-state index contributed by atoms with van der Waals surface area (Å²) >= 11 is 0. The molecule has 0 unspecified atom stereocenters. The Morgan fingerprint density at radius 2 is 1.40 bits per heavy atom. The predicted octanol–water partition coefficient (Wildman–Crippen LogP) is 6.65. The van der Waals surface area contributed by atoms with Crippen LogP contribution in [0.3, 0.4) is 0 Å². The minimum Gasteiger partial charge on any atom is -0.355 e. The number of rotatable bonds is 6. The number of amides is 1. The molecular formula is C27H19F2N5O. The Kier molecular flexibility index (Phi) is 6.00. The molecule has 0 spiro atoms. The van der Waals surface area contributed by atoms with E-state index in [9.17, 15) is 13.6 Å². The summed E-state index contributed by atoms with van der Waals surface area (Å²) in [6.45, 7) is 0. The van der Waals surface area contributed by atoms with E-state index in [0.29, 0.717) is 28.0 Å². The molecule has 3 N–H and O–H groups in total. The fourth-order valence-corrected chi connectivity index (χ4v) is 3.60. The highest BCUT2D eigenvalue weighted by Crippen LogP contribution is 2.27. The Labute approximate surface area is 199 Å². The molecule has 172 valence electrons. The SMILES string of the molecule is O=C(Nc1ccc(Nc2ccncc2)cc1)c1cc(Nc2ccnc3ccc(F)cc23)ccc1F. The lowest BCUT2D eigenvalue weighted by molar-refractivity contribution is 0.102. The van der Waals surface area contributed by atoms with Gasteiger partial charge in [0, 0.05) is 52.4 Å². The number of halogens is 2. The standard InChI is InChI=1S/C27H19F2N5O/c28-17-1-8-25-23(15-17)26(11-14-31-25)33-21-6-7-24(29)22(16-21)27(35)34-19-4-2-18(3-5-19)32-20-9-12-30-13-10-20/h1-16H,(H,30,32)(H,31,33)(H,34,35). The van der Waals surface area contributed by atoms with Crippen molar-refractivity contribution >= 4 is 45.2 Å². The Bertz CT molecular complexity index is 1510. The van der Waals surface area contributed by atoms with Crippen LogP contribution in [0.5, 0.6) is 0 Å². The molecule has 6 nitrogen and oxygen atoms in total. The van der Waals surface area contributed by atoms with Gasteiger partial charge in [0.2, 0.25) is 0 Å². The van der Waals surface area contributed by atoms with Gasteiger partial charge in [0.1, 0.15) is 11.6 Å². The first kappa shape index (κ1) is 22.0. The van der Waals surface area contributed by atoms with Crippen molar-refractivity contribution in [1.29, 1.82) is 0 Å². The van der Waals surface area contributed by atoms with Crippen molar-refractivity contribution in [3.05, 3.63) is 115 Å². The monoisotopic (exact) mass is 467 g/mol. The molecule has 0 aliphatic heterocycles. The summed E-state index contributed by atoms with van der Waals surface area (Å²) in [7, 11) is 0. The predicted molar refractivity (Wildman–Crippen MR) is 133 cm³/mol. The van der Waals surface area contributed by atoms with Gasteiger partial charge in [-0.15, -0.1) is 0 Å². The number of hydrogen-bond donors (Lipinski definition) is 3. The van der Waals surface area contributed by atoms with E-state index in [1.54, 1.807) is 55.0 Å². The van der Waals surface area contributed by atoms with E-state index in [1.807, 2.05) is 12.1 Å². The van der Waals surface area contributed by atoms with E-state index in [1.165, 1.54) is 30.3 Å². The van der Waals surface area contributed by atoms with Crippen LogP contribution in [0.25, 0.3) is 10.9 Å². The van der Waals surface area contributed by atoms with Gasteiger partial charge < -0.3 is 16.0 Å². The van der Waals surface area contributed by atoms with E-state index < -0.39 is 17.5 Å². The molecule has 3 aromatic carbocycles. The smallest absolute Gasteiger partial charge is 0.258 e. The maximum Gasteiger partial charge on any atom is 0.258 e. The zero-order chi connectivity index (χ0) is 24.2. The van der Waals surface area contributed by atoms with E-state index in [0.717, 1.165) is 11.4 Å². The molecule has 0 aliphatic carbocycles. The van der Waals surface area contributed by atoms with Gasteiger partial charge in [-0.3, -0.25) is 14.8 Å². The third-order valence-electron chi connectivity index (χ3n) is 5.31. The largest absolute Gasteiger partial charge is 0.355 e. The molecule has 0 fully saturated rings. The van der Waals surface area contributed by atoms with E-state index in [-0.39, 0.29) is 5.56 Å². The number of pyridine rings is 2. The zero-order valence-corrected chi connectivity index (χ0v) is 18.3. The second-order valence-electron chi connectivity index (χ2n) is 7.73. The van der Waals surface area contributed by atoms with Gasteiger partial charge >= 0.3 is 0 Å². The fraction of sp³-hybridized carbons (Fsp3) is 0. The molecule has 5 aromatic rings. The number of benzene rings is 3. The number of nitrogens with one attached hydrogen (secondary N) is 3. The highest BCUT2D eigenvalue weighted by molar-refractivity contribution is 6.05. The number of carbonyl (C=O) groups is 1. The summed E-state index contributed by atoms with van der Waals surface area (Å²) in [4.78, 5) is 21.0. The Balaban J connectivity index is 1.32. The van der Waals surface area contributed by atoms with Crippen LogP contribution in [0.2, 0.25) is 0 Å². The van der Waals surface area contributed by atoms with Crippen molar-refractivity contribution in [2.75, 3.05) is 16.0 Å². The summed E-state index contributed by atoms with van der Waals surface area (Å²) in [6, 6.07) is 20.8. The summed E-state index contributed by atoms with van der Waals surface area (Å²) in [6.07, 6.45) is 4.96. The molecule has 35 heavy (non-hydrogen) atoms. The summed E-state index contributed by atoms with van der Waals surface area (Å²) in [5.41, 5.74) is 3.77. The Morgan fingerprint density at radius 1 is 0.686 bits per heavy atom. The average Bonchev–Trinajstić information content (AvgIpc) is 2.87. The highest BCUT2D eigenvalue weighted by Gasteiger charge is 2.14. The number of anilines is 5. The van der Waals surface area contributed by atoms with Crippen molar-refractivity contribution in [1.82, 2.24) is 9.97 Å². The third kappa shape index (κ3) is 5.06. The number of fused-ring (bicyclic) bond motifs is 1. The second kappa shape index (κ2) is 9.56. The van der Waals surface area contributed by atoms with Crippen LogP contribution in [-0.4, -0.2) is 15.9 Å². The van der Waals surface area contributed by atoms with Crippen molar-refractivity contribution < 1.29 is 13.6 Å². The molecule has 0 saturated carbocycles. The molecule has 0 bridgehead atoms. The van der Waals surface area contributed by atoms with Gasteiger partial charge in [-0.2, -0.15) is 0 Å². The van der Waals surface area contributed by atoms with E-state index in [4.69, 9.17) is 0 Å². The van der Waals surface area contributed by atoms with Crippen LogP contribution < -0.4 is 16.0 Å². The lowest BCUT2D eigenvalue weighted by Crippen LogP contribution is -2.14. The molecule has 2 heterocycles. The lowest BCUT2D eigenvalue weighted by Gasteiger charge is -2.12. The van der Waals surface area contributed by atoms with Crippen LogP contribution in [0.4, 0.5) is 37.2 Å². The second-order valence-corrected chi connectivity index (χ2v) is 7.73. The maximum absolute atomic E-state index is 14.5. The molecule has 0 radical (unpaired) electrons. The summed E-state index contributed by atoms with van der Waals surface area (Å²) < 4.78 is 28.3.